The van der Waals surface area contributed by atoms with Crippen molar-refractivity contribution < 1.29 is 14.3 Å². The molecule has 0 fully saturated rings. The molecule has 0 aromatic heterocycles. The summed E-state index contributed by atoms with van der Waals surface area (Å²) in [6.07, 6.45) is 0. The summed E-state index contributed by atoms with van der Waals surface area (Å²) in [7, 11) is 0. The summed E-state index contributed by atoms with van der Waals surface area (Å²) in [4.78, 5) is 23.6. The fraction of sp³-hybridized carbons (Fsp3) is 0. The zero-order valence-electron chi connectivity index (χ0n) is 12.8. The van der Waals surface area contributed by atoms with Gasteiger partial charge in [-0.3, -0.25) is 9.59 Å². The monoisotopic (exact) mass is 350 g/mol. The van der Waals surface area contributed by atoms with Crippen molar-refractivity contribution in [1.29, 1.82) is 0 Å². The van der Waals surface area contributed by atoms with E-state index >= 15 is 0 Å². The molecule has 4 nitrogen and oxygen atoms in total. The van der Waals surface area contributed by atoms with Crippen molar-refractivity contribution >= 4 is 27.8 Å². The second kappa shape index (κ2) is 5.76. The number of carbonyl (C=O) groups excluding carboxylic acids is 1. The van der Waals surface area contributed by atoms with Crippen molar-refractivity contribution in [3.05, 3.63) is 76.5 Å². The highest BCUT2D eigenvalue weighted by molar-refractivity contribution is 6.68. The van der Waals surface area contributed by atoms with E-state index in [0.717, 1.165) is 5.56 Å². The van der Waals surface area contributed by atoms with Gasteiger partial charge in [-0.15, -0.1) is 0 Å². The van der Waals surface area contributed by atoms with Crippen LogP contribution < -0.4 is 5.43 Å². The molecule has 2 aliphatic rings. The molecule has 1 aliphatic heterocycles. The van der Waals surface area contributed by atoms with Gasteiger partial charge in [0, 0.05) is 34.2 Å². The third-order valence-electron chi connectivity index (χ3n) is 4.09. The van der Waals surface area contributed by atoms with Gasteiger partial charge in [0.15, 0.2) is 5.43 Å². The molecule has 25 heavy (non-hydrogen) atoms. The fourth-order valence-corrected chi connectivity index (χ4v) is 3.19. The summed E-state index contributed by atoms with van der Waals surface area (Å²) >= 11 is 5.76. The number of benzene rings is 3. The van der Waals surface area contributed by atoms with E-state index in [0.29, 0.717) is 33.4 Å². The second-order valence-electron chi connectivity index (χ2n) is 5.63. The molecule has 0 atom stereocenters. The molecule has 1 N–H and O–H groups in total. The first-order valence-electron chi connectivity index (χ1n) is 7.53. The van der Waals surface area contributed by atoms with Crippen LogP contribution in [0.2, 0.25) is 0 Å². The van der Waals surface area contributed by atoms with Crippen molar-refractivity contribution in [2.24, 2.45) is 0 Å². The van der Waals surface area contributed by atoms with E-state index in [4.69, 9.17) is 16.0 Å². The predicted octanol–water partition coefficient (Wildman–Crippen LogP) is 4.65. The van der Waals surface area contributed by atoms with E-state index in [2.05, 4.69) is 0 Å². The van der Waals surface area contributed by atoms with Crippen LogP contribution in [0, 0.1) is 0 Å². The molecule has 0 amide bonds. The zero-order valence-corrected chi connectivity index (χ0v) is 13.6. The highest BCUT2D eigenvalue weighted by Gasteiger charge is 2.20. The van der Waals surface area contributed by atoms with E-state index in [1.165, 1.54) is 18.2 Å². The van der Waals surface area contributed by atoms with Crippen molar-refractivity contribution in [1.82, 2.24) is 0 Å². The van der Waals surface area contributed by atoms with Gasteiger partial charge in [0.25, 0.3) is 5.24 Å². The van der Waals surface area contributed by atoms with Crippen LogP contribution in [0.25, 0.3) is 33.4 Å². The molecule has 122 valence electrons. The molecule has 0 bridgehead atoms. The Kier molecular flexibility index (Phi) is 3.55. The Morgan fingerprint density at radius 2 is 1.76 bits per heavy atom. The van der Waals surface area contributed by atoms with Gasteiger partial charge >= 0.3 is 0 Å². The standard InChI is InChI=1S/C20H11ClO4/c21-20(24)14-4-2-1-3-13(14)19-15-7-5-11(22)9-17(15)25-18-10-12(23)6-8-16(18)19/h1-10,22H. The highest BCUT2D eigenvalue weighted by atomic mass is 35.5. The Balaban J connectivity index is 2.22. The Hall–Kier alpha value is -3.11. The summed E-state index contributed by atoms with van der Waals surface area (Å²) in [6.45, 7) is 0. The number of hydrogen-bond acceptors (Lipinski definition) is 4. The summed E-state index contributed by atoms with van der Waals surface area (Å²) in [5.41, 5.74) is 2.62. The lowest BCUT2D eigenvalue weighted by Gasteiger charge is -2.16. The maximum absolute atomic E-state index is 11.9. The van der Waals surface area contributed by atoms with Crippen molar-refractivity contribution in [2.45, 2.75) is 0 Å². The third kappa shape index (κ3) is 2.57. The quantitative estimate of drug-likeness (QED) is 0.422. The average molecular weight is 351 g/mol. The maximum Gasteiger partial charge on any atom is 0.253 e. The van der Waals surface area contributed by atoms with Crippen LogP contribution in [0.5, 0.6) is 5.75 Å². The Labute approximate surface area is 147 Å². The van der Waals surface area contributed by atoms with Crippen molar-refractivity contribution in [3.63, 3.8) is 0 Å². The molecule has 2 aromatic rings. The highest BCUT2D eigenvalue weighted by Crippen LogP contribution is 2.41. The smallest absolute Gasteiger partial charge is 0.253 e. The van der Waals surface area contributed by atoms with Gasteiger partial charge in [-0.25, -0.2) is 0 Å². The summed E-state index contributed by atoms with van der Waals surface area (Å²) in [5, 5.41) is 9.90. The SMILES string of the molecule is O=C(Cl)c1ccccc1-c1c2ccc(=O)cc-2oc2cc(O)ccc12. The van der Waals surface area contributed by atoms with E-state index in [-0.39, 0.29) is 11.2 Å². The number of carbonyl (C=O) groups is 1. The molecule has 0 saturated heterocycles. The molecule has 0 radical (unpaired) electrons. The van der Waals surface area contributed by atoms with Gasteiger partial charge in [0.1, 0.15) is 17.1 Å². The van der Waals surface area contributed by atoms with Crippen LogP contribution in [0.15, 0.2) is 69.9 Å². The van der Waals surface area contributed by atoms with Gasteiger partial charge in [0.2, 0.25) is 0 Å². The lowest BCUT2D eigenvalue weighted by Crippen LogP contribution is -2.01. The molecule has 1 heterocycles. The summed E-state index contributed by atoms with van der Waals surface area (Å²) in [5.74, 6) is 0.416. The normalized spacial score (nSPS) is 11.1. The number of phenolic OH excluding ortho intramolecular Hbond substituents is 1. The van der Waals surface area contributed by atoms with Gasteiger partial charge < -0.3 is 9.52 Å². The van der Waals surface area contributed by atoms with E-state index in [1.54, 1.807) is 36.4 Å². The lowest BCUT2D eigenvalue weighted by atomic mass is 9.91. The minimum Gasteiger partial charge on any atom is -0.508 e. The van der Waals surface area contributed by atoms with Gasteiger partial charge in [-0.1, -0.05) is 18.2 Å². The predicted molar refractivity (Wildman–Crippen MR) is 96.4 cm³/mol. The van der Waals surface area contributed by atoms with Crippen molar-refractivity contribution in [3.8, 4) is 28.2 Å². The molecule has 4 rings (SSSR count). The zero-order chi connectivity index (χ0) is 17.6. The first-order chi connectivity index (χ1) is 12.0. The van der Waals surface area contributed by atoms with Crippen LogP contribution in [0.1, 0.15) is 10.4 Å². The molecule has 0 saturated carbocycles. The van der Waals surface area contributed by atoms with Gasteiger partial charge in [-0.2, -0.15) is 0 Å². The van der Waals surface area contributed by atoms with Gasteiger partial charge in [0.05, 0.1) is 0 Å². The molecule has 5 heteroatoms. The molecule has 0 spiro atoms. The first-order valence-corrected chi connectivity index (χ1v) is 7.91. The Morgan fingerprint density at radius 1 is 0.960 bits per heavy atom. The van der Waals surface area contributed by atoms with E-state index < -0.39 is 5.24 Å². The number of rotatable bonds is 2. The number of halogens is 1. The Bertz CT molecular complexity index is 1160. The van der Waals surface area contributed by atoms with Crippen LogP contribution in [-0.2, 0) is 0 Å². The number of phenols is 1. The molecular weight excluding hydrogens is 340 g/mol. The minimum absolute atomic E-state index is 0.0431. The molecule has 0 unspecified atom stereocenters. The first kappa shape index (κ1) is 15.4. The summed E-state index contributed by atoms with van der Waals surface area (Å²) in [6, 6.07) is 16.2. The third-order valence-corrected chi connectivity index (χ3v) is 4.29. The van der Waals surface area contributed by atoms with Crippen LogP contribution in [-0.4, -0.2) is 10.3 Å². The minimum atomic E-state index is -0.572. The summed E-state index contributed by atoms with van der Waals surface area (Å²) < 4.78 is 5.79. The molecule has 2 aromatic carbocycles. The topological polar surface area (TPSA) is 67.5 Å². The van der Waals surface area contributed by atoms with E-state index in [9.17, 15) is 14.7 Å². The number of fused-ring (bicyclic) bond motifs is 2. The fourth-order valence-electron chi connectivity index (χ4n) is 3.02. The number of hydrogen-bond donors (Lipinski definition) is 1. The van der Waals surface area contributed by atoms with Crippen LogP contribution in [0.4, 0.5) is 0 Å². The maximum atomic E-state index is 11.9. The lowest BCUT2D eigenvalue weighted by molar-refractivity contribution is 0.108. The number of aromatic hydroxyl groups is 1. The van der Waals surface area contributed by atoms with Crippen molar-refractivity contribution in [2.75, 3.05) is 0 Å². The van der Waals surface area contributed by atoms with Gasteiger partial charge in [-0.05, 0) is 47.5 Å². The van der Waals surface area contributed by atoms with E-state index in [1.807, 2.05) is 6.07 Å². The van der Waals surface area contributed by atoms with Crippen LogP contribution >= 0.6 is 11.6 Å². The molecule has 1 aliphatic carbocycles. The average Bonchev–Trinajstić information content (AvgIpc) is 2.59. The second-order valence-corrected chi connectivity index (χ2v) is 5.98. The largest absolute Gasteiger partial charge is 0.508 e. The van der Waals surface area contributed by atoms with Crippen LogP contribution in [0.3, 0.4) is 0 Å². The Morgan fingerprint density at radius 3 is 2.56 bits per heavy atom. The molecular formula is C20H11ClO4.